The summed E-state index contributed by atoms with van der Waals surface area (Å²) in [4.78, 5) is 6.97. The third-order valence-electron chi connectivity index (χ3n) is 3.68. The summed E-state index contributed by atoms with van der Waals surface area (Å²) >= 11 is 0. The van der Waals surface area contributed by atoms with Crippen LogP contribution in [0.1, 0.15) is 5.69 Å². The molecule has 0 fully saturated rings. The predicted molar refractivity (Wildman–Crippen MR) is 97.1 cm³/mol. The van der Waals surface area contributed by atoms with Crippen LogP contribution in [0.25, 0.3) is 11.0 Å². The Kier molecular flexibility index (Phi) is 7.58. The number of rotatable bonds is 7. The van der Waals surface area contributed by atoms with Gasteiger partial charge in [-0.3, -0.25) is 4.21 Å². The van der Waals surface area contributed by atoms with Crippen LogP contribution < -0.4 is 18.9 Å². The average molecular weight is 422 g/mol. The zero-order chi connectivity index (χ0) is 19.6. The Morgan fingerprint density at radius 2 is 2.04 bits per heavy atom. The van der Waals surface area contributed by atoms with Crippen molar-refractivity contribution in [2.45, 2.75) is 17.5 Å². The molecule has 0 aliphatic heterocycles. The number of nitrogens with zero attached hydrogens (tertiary/aromatic N) is 2. The molecule has 3 rings (SSSR count). The van der Waals surface area contributed by atoms with Crippen molar-refractivity contribution in [2.24, 2.45) is 0 Å². The molecule has 0 aliphatic carbocycles. The molecule has 1 atom stereocenters. The van der Waals surface area contributed by atoms with E-state index in [1.165, 1.54) is 44.7 Å². The number of pyridine rings is 1. The number of benzene rings is 1. The number of nitrogens with one attached hydrogen (secondary N) is 1. The topological polar surface area (TPSA) is 100 Å². The predicted octanol–water partition coefficient (Wildman–Crippen LogP) is 1.74. The van der Waals surface area contributed by atoms with Crippen molar-refractivity contribution in [3.8, 4) is 17.2 Å². The number of fused-ring (bicyclic) bond motifs is 1. The van der Waals surface area contributed by atoms with Gasteiger partial charge in [-0.25, -0.2) is 4.98 Å². The fourth-order valence-corrected chi connectivity index (χ4v) is 3.56. The van der Waals surface area contributed by atoms with Gasteiger partial charge < -0.3 is 24.4 Å². The maximum absolute atomic E-state index is 12.7. The molecule has 145 valence electrons. The number of methoxy groups -OCH3 is 2. The third kappa shape index (κ3) is 4.72. The maximum atomic E-state index is 12.7. The van der Waals surface area contributed by atoms with E-state index in [9.17, 15) is 18.2 Å². The number of aromatic amines is 1. The summed E-state index contributed by atoms with van der Waals surface area (Å²) < 4.78 is 52.5. The van der Waals surface area contributed by atoms with Crippen molar-refractivity contribution >= 4 is 51.4 Å². The van der Waals surface area contributed by atoms with Crippen LogP contribution in [-0.4, -0.2) is 64.6 Å². The smallest absolute Gasteiger partial charge is 0.387 e. The van der Waals surface area contributed by atoms with Gasteiger partial charge in [0.1, 0.15) is 11.5 Å². The Hall–Kier alpha value is -1.95. The molecule has 0 aliphatic rings. The summed E-state index contributed by atoms with van der Waals surface area (Å²) in [5.74, 6) is 0.261. The minimum absolute atomic E-state index is 0. The molecule has 1 N–H and O–H groups in total. The summed E-state index contributed by atoms with van der Waals surface area (Å²) in [7, 11) is 1.06. The van der Waals surface area contributed by atoms with Crippen LogP contribution >= 0.6 is 0 Å². The molecule has 0 bridgehead atoms. The van der Waals surface area contributed by atoms with E-state index in [0.717, 1.165) is 0 Å². The standard InChI is InChI=1S/C16H15F2N3O5S.Na/c1-24-13-5-6-21(22)12(14(13)25-2)8-27(23)16-19-10-4-3-9(26-15(17)18)7-11(10)20-16;/h3-7,15H,8H2,1-2H3,(H,19,20);. The summed E-state index contributed by atoms with van der Waals surface area (Å²) in [5, 5.41) is 12.2. The van der Waals surface area contributed by atoms with Crippen molar-refractivity contribution in [2.75, 3.05) is 14.2 Å². The van der Waals surface area contributed by atoms with Gasteiger partial charge in [0, 0.05) is 41.7 Å². The normalized spacial score (nSPS) is 11.9. The quantitative estimate of drug-likeness (QED) is 0.354. The number of hydrogen-bond acceptors (Lipinski definition) is 6. The Bertz CT molecular complexity index is 1000. The van der Waals surface area contributed by atoms with E-state index < -0.39 is 17.4 Å². The van der Waals surface area contributed by atoms with Gasteiger partial charge in [0.25, 0.3) is 5.69 Å². The SMILES string of the molecule is COc1cc[n+]([O-])c(CS(=O)c2nc3ccc(OC(F)F)cc3[nH]2)c1OC.[Na]. The van der Waals surface area contributed by atoms with Gasteiger partial charge in [0.15, 0.2) is 17.1 Å². The fraction of sp³-hybridized carbons (Fsp3) is 0.250. The van der Waals surface area contributed by atoms with Crippen LogP contribution in [0, 0.1) is 5.21 Å². The van der Waals surface area contributed by atoms with Gasteiger partial charge in [-0.2, -0.15) is 13.5 Å². The van der Waals surface area contributed by atoms with Crippen LogP contribution in [0.3, 0.4) is 0 Å². The molecule has 0 amide bonds. The van der Waals surface area contributed by atoms with Crippen LogP contribution in [0.2, 0.25) is 0 Å². The summed E-state index contributed by atoms with van der Waals surface area (Å²) in [5.41, 5.74) is 0.911. The van der Waals surface area contributed by atoms with E-state index in [4.69, 9.17) is 9.47 Å². The molecule has 0 saturated heterocycles. The van der Waals surface area contributed by atoms with Crippen molar-refractivity contribution in [3.63, 3.8) is 0 Å². The number of halogens is 2. The molecule has 2 aromatic heterocycles. The van der Waals surface area contributed by atoms with E-state index in [0.29, 0.717) is 21.5 Å². The molecular weight excluding hydrogens is 407 g/mol. The molecule has 0 saturated carbocycles. The van der Waals surface area contributed by atoms with Crippen LogP contribution in [0.5, 0.6) is 17.2 Å². The maximum Gasteiger partial charge on any atom is 0.387 e. The Balaban J connectivity index is 0.00000280. The third-order valence-corrected chi connectivity index (χ3v) is 4.84. The first-order chi connectivity index (χ1) is 12.9. The molecule has 12 heteroatoms. The zero-order valence-electron chi connectivity index (χ0n) is 15.3. The van der Waals surface area contributed by atoms with Crippen LogP contribution in [0.4, 0.5) is 8.78 Å². The van der Waals surface area contributed by atoms with Gasteiger partial charge in [-0.05, 0) is 12.1 Å². The molecule has 1 unspecified atom stereocenters. The molecule has 28 heavy (non-hydrogen) atoms. The molecule has 1 aromatic carbocycles. The molecule has 1 radical (unpaired) electrons. The monoisotopic (exact) mass is 422 g/mol. The van der Waals surface area contributed by atoms with Crippen molar-refractivity contribution in [1.29, 1.82) is 0 Å². The van der Waals surface area contributed by atoms with E-state index >= 15 is 0 Å². The first-order valence-corrected chi connectivity index (χ1v) is 8.90. The first kappa shape index (κ1) is 22.3. The van der Waals surface area contributed by atoms with Gasteiger partial charge in [-0.15, -0.1) is 0 Å². The zero-order valence-corrected chi connectivity index (χ0v) is 18.1. The minimum atomic E-state index is -2.95. The van der Waals surface area contributed by atoms with Crippen molar-refractivity contribution in [3.05, 3.63) is 41.4 Å². The van der Waals surface area contributed by atoms with Crippen molar-refractivity contribution in [1.82, 2.24) is 9.97 Å². The number of ether oxygens (including phenoxy) is 3. The Morgan fingerprint density at radius 1 is 1.29 bits per heavy atom. The van der Waals surface area contributed by atoms with E-state index in [2.05, 4.69) is 14.7 Å². The Labute approximate surface area is 183 Å². The van der Waals surface area contributed by atoms with Crippen molar-refractivity contribution < 1.29 is 31.9 Å². The van der Waals surface area contributed by atoms with Gasteiger partial charge in [-0.1, -0.05) is 0 Å². The molecule has 0 spiro atoms. The molecule has 3 aromatic rings. The Morgan fingerprint density at radius 3 is 2.68 bits per heavy atom. The first-order valence-electron chi connectivity index (χ1n) is 7.59. The molecular formula is C16H15F2N3NaO5S. The van der Waals surface area contributed by atoms with Gasteiger partial charge in [0.05, 0.1) is 36.1 Å². The largest absolute Gasteiger partial charge is 0.618 e. The number of hydrogen-bond donors (Lipinski definition) is 1. The average Bonchev–Trinajstić information content (AvgIpc) is 3.06. The number of aromatic nitrogens is 3. The van der Waals surface area contributed by atoms with Gasteiger partial charge in [0.2, 0.25) is 5.75 Å². The second-order valence-electron chi connectivity index (χ2n) is 5.28. The van der Waals surface area contributed by atoms with E-state index in [1.54, 1.807) is 0 Å². The minimum Gasteiger partial charge on any atom is -0.618 e. The molecule has 2 heterocycles. The second-order valence-corrected chi connectivity index (χ2v) is 6.65. The molecule has 8 nitrogen and oxygen atoms in total. The summed E-state index contributed by atoms with van der Waals surface area (Å²) in [6, 6.07) is 5.56. The van der Waals surface area contributed by atoms with E-state index in [1.807, 2.05) is 0 Å². The van der Waals surface area contributed by atoms with Gasteiger partial charge >= 0.3 is 6.61 Å². The second kappa shape index (κ2) is 9.50. The number of imidazole rings is 1. The van der Waals surface area contributed by atoms with Crippen LogP contribution in [0.15, 0.2) is 35.6 Å². The van der Waals surface area contributed by atoms with E-state index in [-0.39, 0.29) is 57.7 Å². The fourth-order valence-electron chi connectivity index (χ4n) is 2.49. The summed E-state index contributed by atoms with van der Waals surface area (Å²) in [6.07, 6.45) is 1.22. The number of alkyl halides is 2. The number of H-pyrrole nitrogens is 1. The summed E-state index contributed by atoms with van der Waals surface area (Å²) in [6.45, 7) is -2.95. The van der Waals surface area contributed by atoms with Crippen LogP contribution in [-0.2, 0) is 16.6 Å².